The first-order valence-corrected chi connectivity index (χ1v) is 13.8. The molecule has 0 aromatic carbocycles. The Bertz CT molecular complexity index is 846. The molecule has 0 bridgehead atoms. The topological polar surface area (TPSA) is 105 Å². The highest BCUT2D eigenvalue weighted by Crippen LogP contribution is 2.67. The summed E-state index contributed by atoms with van der Waals surface area (Å²) in [7, 11) is 0. The predicted octanol–water partition coefficient (Wildman–Crippen LogP) is 6.79. The largest absolute Gasteiger partial charge is 0.308 e. The highest BCUT2D eigenvalue weighted by Gasteiger charge is 2.60. The van der Waals surface area contributed by atoms with Crippen LogP contribution in [0.5, 0.6) is 0 Å². The van der Waals surface area contributed by atoms with Gasteiger partial charge in [0.15, 0.2) is 6.10 Å². The van der Waals surface area contributed by atoms with Crippen LogP contribution >= 0.6 is 0 Å². The van der Waals surface area contributed by atoms with E-state index >= 15 is 0 Å². The van der Waals surface area contributed by atoms with Gasteiger partial charge in [0.25, 0.3) is 10.2 Å². The van der Waals surface area contributed by atoms with Gasteiger partial charge in [0.1, 0.15) is 6.10 Å². The zero-order valence-corrected chi connectivity index (χ0v) is 22.1. The molecule has 35 heavy (non-hydrogen) atoms. The Morgan fingerprint density at radius 2 is 1.69 bits per heavy atom. The van der Waals surface area contributed by atoms with Crippen LogP contribution in [-0.2, 0) is 9.68 Å². The fourth-order valence-corrected chi connectivity index (χ4v) is 9.14. The van der Waals surface area contributed by atoms with Crippen LogP contribution in [0.3, 0.4) is 0 Å². The zero-order valence-electron chi connectivity index (χ0n) is 22.1. The minimum atomic E-state index is -0.999. The molecule has 3 fully saturated rings. The monoisotopic (exact) mass is 492 g/mol. The molecule has 0 amide bonds. The standard InChI is InChI=1S/C27H44N2O6/c1-17(2)7-6-8-18(3)20-11-12-21-19-9-10-23-25(35-29(32)33)24(34-28(30)31)14-16-27(23,5)22(19)13-15-26(20,21)4/h10,17-22,24-25H,6-9,11-16H2,1-5H3/t18-,19+,20-,21+,22+,24+,25-,26-,27-/m1/s1. The second kappa shape index (κ2) is 9.89. The van der Waals surface area contributed by atoms with E-state index in [1.807, 2.05) is 0 Å². The van der Waals surface area contributed by atoms with Gasteiger partial charge in [-0.15, -0.1) is 20.2 Å². The van der Waals surface area contributed by atoms with Crippen LogP contribution in [0.4, 0.5) is 0 Å². The SMILES string of the molecule is CC(C)CCC[C@@H](C)[C@H]1CC[C@H]2[C@@H]3CC=C4[C@@H](O[N+](=O)[O-])[C@@H](O[N+](=O)[O-])CC[C@]4(C)[C@H]3CC[C@]12C. The van der Waals surface area contributed by atoms with Crippen molar-refractivity contribution < 1.29 is 19.8 Å². The van der Waals surface area contributed by atoms with Crippen molar-refractivity contribution in [2.75, 3.05) is 0 Å². The summed E-state index contributed by atoms with van der Waals surface area (Å²) in [5, 5.41) is 20.7. The molecule has 0 aromatic heterocycles. The average Bonchev–Trinajstić information content (AvgIpc) is 3.12. The molecular formula is C27H44N2O6. The first-order valence-electron chi connectivity index (χ1n) is 13.8. The molecule has 0 aliphatic heterocycles. The zero-order chi connectivity index (χ0) is 25.5. The molecule has 0 radical (unpaired) electrons. The molecule has 0 heterocycles. The summed E-state index contributed by atoms with van der Waals surface area (Å²) in [6.07, 6.45) is 11.1. The van der Waals surface area contributed by atoms with Gasteiger partial charge in [-0.25, -0.2) is 0 Å². The lowest BCUT2D eigenvalue weighted by atomic mass is 9.46. The Morgan fingerprint density at radius 3 is 2.34 bits per heavy atom. The van der Waals surface area contributed by atoms with Crippen LogP contribution in [-0.4, -0.2) is 22.4 Å². The lowest BCUT2D eigenvalue weighted by molar-refractivity contribution is -0.798. The maximum atomic E-state index is 11.3. The summed E-state index contributed by atoms with van der Waals surface area (Å²) in [5.74, 6) is 3.97. The van der Waals surface area contributed by atoms with Gasteiger partial charge in [0, 0.05) is 0 Å². The lowest BCUT2D eigenvalue weighted by Gasteiger charge is -2.59. The molecule has 4 rings (SSSR count). The molecule has 0 aromatic rings. The summed E-state index contributed by atoms with van der Waals surface area (Å²) in [6, 6.07) is 0. The van der Waals surface area contributed by atoms with Crippen molar-refractivity contribution in [3.8, 4) is 0 Å². The summed E-state index contributed by atoms with van der Waals surface area (Å²) >= 11 is 0. The number of hydrogen-bond donors (Lipinski definition) is 0. The molecule has 9 atom stereocenters. The van der Waals surface area contributed by atoms with Crippen molar-refractivity contribution in [2.24, 2.45) is 46.3 Å². The van der Waals surface area contributed by atoms with Crippen LogP contribution in [0.25, 0.3) is 0 Å². The number of allylic oxidation sites excluding steroid dienone is 1. The minimum absolute atomic E-state index is 0.234. The number of rotatable bonds is 9. The molecule has 3 saturated carbocycles. The van der Waals surface area contributed by atoms with Crippen LogP contribution in [0.15, 0.2) is 11.6 Å². The molecule has 0 unspecified atom stereocenters. The van der Waals surface area contributed by atoms with E-state index in [2.05, 4.69) is 40.7 Å². The Kier molecular flexibility index (Phi) is 7.41. The Balaban J connectivity index is 1.55. The molecule has 4 aliphatic carbocycles. The fourth-order valence-electron chi connectivity index (χ4n) is 9.14. The van der Waals surface area contributed by atoms with Crippen molar-refractivity contribution >= 4 is 0 Å². The lowest BCUT2D eigenvalue weighted by Crippen LogP contribution is -2.55. The summed E-state index contributed by atoms with van der Waals surface area (Å²) in [6.45, 7) is 11.9. The van der Waals surface area contributed by atoms with Crippen molar-refractivity contribution in [3.05, 3.63) is 31.9 Å². The molecule has 8 nitrogen and oxygen atoms in total. The summed E-state index contributed by atoms with van der Waals surface area (Å²) in [5.41, 5.74) is 0.985. The summed E-state index contributed by atoms with van der Waals surface area (Å²) < 4.78 is 0. The Labute approximate surface area is 209 Å². The van der Waals surface area contributed by atoms with Crippen LogP contribution in [0.1, 0.15) is 98.8 Å². The van der Waals surface area contributed by atoms with Gasteiger partial charge in [-0.2, -0.15) is 0 Å². The average molecular weight is 493 g/mol. The third-order valence-corrected chi connectivity index (χ3v) is 10.7. The second-order valence-corrected chi connectivity index (χ2v) is 12.9. The first-order chi connectivity index (χ1) is 16.5. The van der Waals surface area contributed by atoms with Crippen molar-refractivity contribution in [1.29, 1.82) is 0 Å². The third kappa shape index (κ3) is 4.78. The van der Waals surface area contributed by atoms with Crippen molar-refractivity contribution in [2.45, 2.75) is 111 Å². The van der Waals surface area contributed by atoms with Gasteiger partial charge in [-0.1, -0.05) is 60.0 Å². The van der Waals surface area contributed by atoms with E-state index in [1.54, 1.807) is 0 Å². The smallest absolute Gasteiger partial charge is 0.295 e. The van der Waals surface area contributed by atoms with E-state index in [0.29, 0.717) is 29.6 Å². The van der Waals surface area contributed by atoms with Crippen LogP contribution in [0.2, 0.25) is 0 Å². The van der Waals surface area contributed by atoms with Gasteiger partial charge in [0.05, 0.1) is 0 Å². The fraction of sp³-hybridized carbons (Fsp3) is 0.926. The molecule has 0 N–H and O–H groups in total. The van der Waals surface area contributed by atoms with E-state index in [1.165, 1.54) is 38.5 Å². The Hall–Kier alpha value is -1.86. The molecule has 198 valence electrons. The number of nitrogens with zero attached hydrogens (tertiary/aromatic N) is 2. The number of fused-ring (bicyclic) bond motifs is 5. The van der Waals surface area contributed by atoms with E-state index in [-0.39, 0.29) is 5.41 Å². The summed E-state index contributed by atoms with van der Waals surface area (Å²) in [4.78, 5) is 32.3. The minimum Gasteiger partial charge on any atom is -0.308 e. The van der Waals surface area contributed by atoms with E-state index in [0.717, 1.165) is 42.6 Å². The van der Waals surface area contributed by atoms with Gasteiger partial charge >= 0.3 is 0 Å². The maximum Gasteiger partial charge on any atom is 0.295 e. The first kappa shape index (κ1) is 26.2. The van der Waals surface area contributed by atoms with Crippen molar-refractivity contribution in [3.63, 3.8) is 0 Å². The maximum absolute atomic E-state index is 11.3. The van der Waals surface area contributed by atoms with E-state index in [9.17, 15) is 20.2 Å². The quantitative estimate of drug-likeness (QED) is 0.199. The van der Waals surface area contributed by atoms with E-state index in [4.69, 9.17) is 9.68 Å². The second-order valence-electron chi connectivity index (χ2n) is 12.9. The Morgan fingerprint density at radius 1 is 0.971 bits per heavy atom. The van der Waals surface area contributed by atoms with Gasteiger partial charge in [0.2, 0.25) is 0 Å². The van der Waals surface area contributed by atoms with Crippen LogP contribution < -0.4 is 0 Å². The molecule has 0 spiro atoms. The highest BCUT2D eigenvalue weighted by atomic mass is 17.0. The van der Waals surface area contributed by atoms with Gasteiger partial charge in [-0.3, -0.25) is 0 Å². The number of hydrogen-bond acceptors (Lipinski definition) is 6. The third-order valence-electron chi connectivity index (χ3n) is 10.7. The molecular weight excluding hydrogens is 448 g/mol. The molecule has 4 aliphatic rings. The predicted molar refractivity (Wildman–Crippen MR) is 132 cm³/mol. The highest BCUT2D eigenvalue weighted by molar-refractivity contribution is 5.29. The van der Waals surface area contributed by atoms with Crippen molar-refractivity contribution in [1.82, 2.24) is 0 Å². The molecule has 8 heteroatoms. The normalized spacial score (nSPS) is 41.3. The van der Waals surface area contributed by atoms with Gasteiger partial charge in [-0.05, 0) is 96.9 Å². The van der Waals surface area contributed by atoms with Gasteiger partial charge < -0.3 is 9.68 Å². The molecule has 0 saturated heterocycles. The van der Waals surface area contributed by atoms with Crippen LogP contribution in [0, 0.1) is 66.6 Å². The van der Waals surface area contributed by atoms with E-state index < -0.39 is 22.4 Å².